The largest absolute Gasteiger partial charge is 0.438 e. The van der Waals surface area contributed by atoms with E-state index in [-0.39, 0.29) is 11.8 Å². The Labute approximate surface area is 145 Å². The molecule has 2 aromatic rings. The lowest BCUT2D eigenvalue weighted by atomic mass is 9.99. The quantitative estimate of drug-likeness (QED) is 0.790. The van der Waals surface area contributed by atoms with Crippen molar-refractivity contribution in [2.24, 2.45) is 0 Å². The molecule has 2 fully saturated rings. The molecule has 0 aromatic carbocycles. The van der Waals surface area contributed by atoms with Gasteiger partial charge < -0.3 is 18.6 Å². The summed E-state index contributed by atoms with van der Waals surface area (Å²) in [6.07, 6.45) is 7.20. The Balaban J connectivity index is 1.25. The first kappa shape index (κ1) is 16.3. The second-order valence-corrected chi connectivity index (χ2v) is 6.75. The highest BCUT2D eigenvalue weighted by Gasteiger charge is 2.37. The first-order chi connectivity index (χ1) is 12.2. The molecule has 4 rings (SSSR count). The van der Waals surface area contributed by atoms with Gasteiger partial charge >= 0.3 is 0 Å². The Morgan fingerprint density at radius 1 is 1.36 bits per heavy atom. The number of aromatic nitrogens is 3. The maximum absolute atomic E-state index is 12.3. The van der Waals surface area contributed by atoms with E-state index >= 15 is 0 Å². The lowest BCUT2D eigenvalue weighted by Crippen LogP contribution is -2.48. The van der Waals surface area contributed by atoms with Gasteiger partial charge in [0.05, 0.1) is 24.3 Å². The van der Waals surface area contributed by atoms with Crippen LogP contribution in [-0.4, -0.2) is 51.7 Å². The zero-order valence-electron chi connectivity index (χ0n) is 14.3. The number of ether oxygens (including phenoxy) is 1. The van der Waals surface area contributed by atoms with Crippen LogP contribution in [0.2, 0.25) is 0 Å². The van der Waals surface area contributed by atoms with E-state index in [0.717, 1.165) is 12.8 Å². The second kappa shape index (κ2) is 6.95. The van der Waals surface area contributed by atoms with Crippen LogP contribution in [0, 0.1) is 6.92 Å². The van der Waals surface area contributed by atoms with Crippen molar-refractivity contribution in [2.75, 3.05) is 19.7 Å². The van der Waals surface area contributed by atoms with Crippen molar-refractivity contribution in [3.63, 3.8) is 0 Å². The minimum absolute atomic E-state index is 0.0872. The summed E-state index contributed by atoms with van der Waals surface area (Å²) in [5.41, 5.74) is 0.607. The van der Waals surface area contributed by atoms with Gasteiger partial charge in [-0.15, -0.1) is 0 Å². The molecule has 0 N–H and O–H groups in total. The van der Waals surface area contributed by atoms with Gasteiger partial charge in [0.25, 0.3) is 5.91 Å². The molecule has 0 spiro atoms. The van der Waals surface area contributed by atoms with Crippen LogP contribution in [0.15, 0.2) is 15.3 Å². The highest BCUT2D eigenvalue weighted by Crippen LogP contribution is 2.28. The zero-order chi connectivity index (χ0) is 17.2. The van der Waals surface area contributed by atoms with Crippen LogP contribution in [0.1, 0.15) is 59.6 Å². The van der Waals surface area contributed by atoms with Crippen LogP contribution in [0.25, 0.3) is 0 Å². The molecular formula is C17H22N4O4. The number of amides is 1. The van der Waals surface area contributed by atoms with E-state index in [2.05, 4.69) is 15.1 Å². The lowest BCUT2D eigenvalue weighted by molar-refractivity contribution is 0.0535. The standard InChI is InChI=1S/C17H22N4O4/c1-11-15(24-10-18-11)17(22)21-8-12(9-21)16-19-14(20-25-16)6-7-23-13-4-2-3-5-13/h10,12-13H,2-9H2,1H3. The van der Waals surface area contributed by atoms with Gasteiger partial charge in [-0.25, -0.2) is 4.98 Å². The van der Waals surface area contributed by atoms with Crippen molar-refractivity contribution in [3.05, 3.63) is 29.6 Å². The maximum Gasteiger partial charge on any atom is 0.291 e. The summed E-state index contributed by atoms with van der Waals surface area (Å²) in [6, 6.07) is 0. The molecule has 1 amide bonds. The molecule has 0 bridgehead atoms. The molecule has 0 unspecified atom stereocenters. The lowest BCUT2D eigenvalue weighted by Gasteiger charge is -2.36. The molecule has 2 aliphatic rings. The monoisotopic (exact) mass is 346 g/mol. The van der Waals surface area contributed by atoms with Crippen molar-refractivity contribution >= 4 is 5.91 Å². The molecule has 8 heteroatoms. The predicted octanol–water partition coefficient (Wildman–Crippen LogP) is 2.11. The molecule has 1 aliphatic carbocycles. The maximum atomic E-state index is 12.3. The Bertz CT molecular complexity index is 729. The fourth-order valence-corrected chi connectivity index (χ4v) is 3.36. The molecular weight excluding hydrogens is 324 g/mol. The molecule has 3 heterocycles. The van der Waals surface area contributed by atoms with E-state index in [1.807, 2.05) is 0 Å². The van der Waals surface area contributed by atoms with Gasteiger partial charge in [-0.2, -0.15) is 4.98 Å². The zero-order valence-corrected chi connectivity index (χ0v) is 14.3. The van der Waals surface area contributed by atoms with Crippen LogP contribution in [-0.2, 0) is 11.2 Å². The highest BCUT2D eigenvalue weighted by molar-refractivity contribution is 5.93. The number of carbonyl (C=O) groups is 1. The fourth-order valence-electron chi connectivity index (χ4n) is 3.36. The van der Waals surface area contributed by atoms with Crippen molar-refractivity contribution in [2.45, 2.75) is 51.0 Å². The third-order valence-electron chi connectivity index (χ3n) is 4.92. The smallest absolute Gasteiger partial charge is 0.291 e. The topological polar surface area (TPSA) is 94.5 Å². The van der Waals surface area contributed by atoms with Gasteiger partial charge in [0.15, 0.2) is 12.2 Å². The second-order valence-electron chi connectivity index (χ2n) is 6.75. The summed E-state index contributed by atoms with van der Waals surface area (Å²) in [6.45, 7) is 3.49. The normalized spacial score (nSPS) is 18.7. The van der Waals surface area contributed by atoms with Gasteiger partial charge in [-0.05, 0) is 19.8 Å². The summed E-state index contributed by atoms with van der Waals surface area (Å²) < 4.78 is 16.3. The average molecular weight is 346 g/mol. The molecule has 1 saturated carbocycles. The molecule has 2 aromatic heterocycles. The van der Waals surface area contributed by atoms with Crippen LogP contribution in [0.4, 0.5) is 0 Å². The van der Waals surface area contributed by atoms with Crippen molar-refractivity contribution in [1.29, 1.82) is 0 Å². The summed E-state index contributed by atoms with van der Waals surface area (Å²) in [4.78, 5) is 22.4. The van der Waals surface area contributed by atoms with Gasteiger partial charge in [-0.1, -0.05) is 18.0 Å². The predicted molar refractivity (Wildman–Crippen MR) is 86.1 cm³/mol. The van der Waals surface area contributed by atoms with E-state index in [4.69, 9.17) is 13.7 Å². The van der Waals surface area contributed by atoms with Gasteiger partial charge in [-0.3, -0.25) is 4.79 Å². The summed E-state index contributed by atoms with van der Waals surface area (Å²) >= 11 is 0. The van der Waals surface area contributed by atoms with E-state index < -0.39 is 0 Å². The number of aryl methyl sites for hydroxylation is 1. The molecule has 8 nitrogen and oxygen atoms in total. The van der Waals surface area contributed by atoms with E-state index in [1.54, 1.807) is 11.8 Å². The summed E-state index contributed by atoms with van der Waals surface area (Å²) in [5.74, 6) is 1.51. The van der Waals surface area contributed by atoms with Crippen LogP contribution >= 0.6 is 0 Å². The Hall–Kier alpha value is -2.22. The Kier molecular flexibility index (Phi) is 4.52. The van der Waals surface area contributed by atoms with E-state index in [1.165, 1.54) is 19.2 Å². The number of carbonyl (C=O) groups excluding carboxylic acids is 1. The van der Waals surface area contributed by atoms with Crippen molar-refractivity contribution < 1.29 is 18.5 Å². The summed E-state index contributed by atoms with van der Waals surface area (Å²) in [7, 11) is 0. The SMILES string of the molecule is Cc1ncoc1C(=O)N1CC(c2nc(CCOC3CCCC3)no2)C1. The van der Waals surface area contributed by atoms with Crippen molar-refractivity contribution in [1.82, 2.24) is 20.0 Å². The van der Waals surface area contributed by atoms with Gasteiger partial charge in [0, 0.05) is 19.5 Å². The number of oxazole rings is 1. The van der Waals surface area contributed by atoms with Crippen LogP contribution < -0.4 is 0 Å². The summed E-state index contributed by atoms with van der Waals surface area (Å²) in [5, 5.41) is 4.02. The molecule has 0 radical (unpaired) electrons. The number of likely N-dealkylation sites (tertiary alicyclic amines) is 1. The molecule has 25 heavy (non-hydrogen) atoms. The van der Waals surface area contributed by atoms with Crippen LogP contribution in [0.5, 0.6) is 0 Å². The number of hydrogen-bond acceptors (Lipinski definition) is 7. The fraction of sp³-hybridized carbons (Fsp3) is 0.647. The van der Waals surface area contributed by atoms with Crippen molar-refractivity contribution in [3.8, 4) is 0 Å². The number of hydrogen-bond donors (Lipinski definition) is 0. The average Bonchev–Trinajstić information content (AvgIpc) is 3.28. The third kappa shape index (κ3) is 3.44. The van der Waals surface area contributed by atoms with E-state index in [9.17, 15) is 4.79 Å². The Morgan fingerprint density at radius 2 is 2.16 bits per heavy atom. The minimum atomic E-state index is -0.143. The number of nitrogens with zero attached hydrogens (tertiary/aromatic N) is 4. The minimum Gasteiger partial charge on any atom is -0.438 e. The van der Waals surface area contributed by atoms with Gasteiger partial charge in [0.2, 0.25) is 11.7 Å². The van der Waals surface area contributed by atoms with Crippen LogP contribution in [0.3, 0.4) is 0 Å². The molecule has 134 valence electrons. The first-order valence-electron chi connectivity index (χ1n) is 8.84. The van der Waals surface area contributed by atoms with E-state index in [0.29, 0.717) is 55.4 Å². The first-order valence-corrected chi connectivity index (χ1v) is 8.84. The molecule has 1 saturated heterocycles. The highest BCUT2D eigenvalue weighted by atomic mass is 16.5. The molecule has 1 aliphatic heterocycles. The van der Waals surface area contributed by atoms with Gasteiger partial charge in [0.1, 0.15) is 0 Å². The molecule has 0 atom stereocenters. The third-order valence-corrected chi connectivity index (χ3v) is 4.92. The number of rotatable bonds is 6. The Morgan fingerprint density at radius 3 is 2.88 bits per heavy atom.